The van der Waals surface area contributed by atoms with Gasteiger partial charge in [-0.2, -0.15) is 0 Å². The topological polar surface area (TPSA) is 110 Å². The third-order valence-electron chi connectivity index (χ3n) is 6.58. The number of aliphatic hydroxyl groups excluding tert-OH is 1. The van der Waals surface area contributed by atoms with Crippen molar-refractivity contribution in [2.24, 2.45) is 0 Å². The molecule has 194 valence electrons. The van der Waals surface area contributed by atoms with Gasteiger partial charge in [-0.25, -0.2) is 4.79 Å². The number of aliphatic hydroxyl groups is 1. The zero-order valence-electron chi connectivity index (χ0n) is 20.8. The molecule has 6 rings (SSSR count). The van der Waals surface area contributed by atoms with Gasteiger partial charge in [0.15, 0.2) is 0 Å². The molecule has 0 saturated heterocycles. The third kappa shape index (κ3) is 5.22. The molecule has 0 unspecified atom stereocenters. The molecular formula is C30H25N5O3S. The first-order valence-corrected chi connectivity index (χ1v) is 13.4. The summed E-state index contributed by atoms with van der Waals surface area (Å²) >= 11 is 1.50. The molecule has 0 radical (unpaired) electrons. The van der Waals surface area contributed by atoms with Gasteiger partial charge in [0, 0.05) is 45.6 Å². The molecule has 9 heteroatoms. The number of carbonyl (C=O) groups excluding carboxylic acids is 2. The highest BCUT2D eigenvalue weighted by Gasteiger charge is 2.25. The van der Waals surface area contributed by atoms with Crippen molar-refractivity contribution in [2.45, 2.75) is 18.0 Å². The number of thioether (sulfide) groups is 1. The Labute approximate surface area is 229 Å². The SMILES string of the molecule is O=C(Nc1ccc2c(c1)N(Cc1ccccc1)C(=O)CS2)Nc1c[nH]c2ccc(-c3cncc(CO)c3)cc12. The van der Waals surface area contributed by atoms with Gasteiger partial charge in [0.05, 0.1) is 30.3 Å². The summed E-state index contributed by atoms with van der Waals surface area (Å²) in [6.45, 7) is 0.386. The maximum absolute atomic E-state index is 13.0. The molecule has 0 atom stereocenters. The Hall–Kier alpha value is -4.60. The molecule has 5 aromatic rings. The second kappa shape index (κ2) is 10.6. The first-order chi connectivity index (χ1) is 19.1. The number of aromatic amines is 1. The summed E-state index contributed by atoms with van der Waals surface area (Å²) in [5.41, 5.74) is 6.45. The Balaban J connectivity index is 1.22. The molecule has 0 aliphatic carbocycles. The minimum atomic E-state index is -0.394. The lowest BCUT2D eigenvalue weighted by molar-refractivity contribution is -0.116. The minimum absolute atomic E-state index is 0.0345. The van der Waals surface area contributed by atoms with Gasteiger partial charge >= 0.3 is 6.03 Å². The average Bonchev–Trinajstić information content (AvgIpc) is 3.37. The highest BCUT2D eigenvalue weighted by atomic mass is 32.2. The Bertz CT molecular complexity index is 1690. The van der Waals surface area contributed by atoms with Gasteiger partial charge < -0.3 is 25.6 Å². The van der Waals surface area contributed by atoms with Gasteiger partial charge in [-0.05, 0) is 53.1 Å². The van der Waals surface area contributed by atoms with E-state index >= 15 is 0 Å². The Morgan fingerprint density at radius 3 is 2.69 bits per heavy atom. The van der Waals surface area contributed by atoms with Crippen molar-refractivity contribution < 1.29 is 14.7 Å². The van der Waals surface area contributed by atoms with E-state index in [-0.39, 0.29) is 12.5 Å². The van der Waals surface area contributed by atoms with E-state index in [1.165, 1.54) is 11.8 Å². The van der Waals surface area contributed by atoms with Crippen molar-refractivity contribution >= 4 is 51.7 Å². The van der Waals surface area contributed by atoms with Gasteiger partial charge in [-0.3, -0.25) is 9.78 Å². The van der Waals surface area contributed by atoms with Crippen LogP contribution in [-0.2, 0) is 17.9 Å². The number of aromatic nitrogens is 2. The number of nitrogens with zero attached hydrogens (tertiary/aromatic N) is 2. The first-order valence-electron chi connectivity index (χ1n) is 12.4. The summed E-state index contributed by atoms with van der Waals surface area (Å²) < 4.78 is 0. The summed E-state index contributed by atoms with van der Waals surface area (Å²) in [5, 5.41) is 16.1. The molecular weight excluding hydrogens is 510 g/mol. The van der Waals surface area contributed by atoms with Crippen LogP contribution in [0.4, 0.5) is 21.9 Å². The van der Waals surface area contributed by atoms with Crippen LogP contribution >= 0.6 is 11.8 Å². The van der Waals surface area contributed by atoms with E-state index in [2.05, 4.69) is 20.6 Å². The number of carbonyl (C=O) groups is 2. The van der Waals surface area contributed by atoms with Crippen LogP contribution < -0.4 is 15.5 Å². The highest BCUT2D eigenvalue weighted by molar-refractivity contribution is 8.00. The zero-order valence-corrected chi connectivity index (χ0v) is 21.7. The van der Waals surface area contributed by atoms with E-state index in [1.54, 1.807) is 23.5 Å². The molecule has 1 aliphatic rings. The molecule has 0 bridgehead atoms. The van der Waals surface area contributed by atoms with Crippen molar-refractivity contribution in [1.82, 2.24) is 9.97 Å². The number of anilines is 3. The Morgan fingerprint density at radius 2 is 1.85 bits per heavy atom. The van der Waals surface area contributed by atoms with Crippen molar-refractivity contribution in [1.29, 1.82) is 0 Å². The normalized spacial score (nSPS) is 12.8. The number of hydrogen-bond donors (Lipinski definition) is 4. The molecule has 0 spiro atoms. The van der Waals surface area contributed by atoms with Gasteiger partial charge in [-0.1, -0.05) is 36.4 Å². The van der Waals surface area contributed by atoms with Gasteiger partial charge in [0.1, 0.15) is 0 Å². The van der Waals surface area contributed by atoms with Crippen LogP contribution in [0.15, 0.2) is 96.3 Å². The summed E-state index contributed by atoms with van der Waals surface area (Å²) in [4.78, 5) is 36.0. The lowest BCUT2D eigenvalue weighted by Gasteiger charge is -2.29. The molecule has 0 fully saturated rings. The smallest absolute Gasteiger partial charge is 0.323 e. The van der Waals surface area contributed by atoms with Gasteiger partial charge in [0.25, 0.3) is 0 Å². The second-order valence-electron chi connectivity index (χ2n) is 9.22. The molecule has 2 aromatic heterocycles. The quantitative estimate of drug-likeness (QED) is 0.213. The minimum Gasteiger partial charge on any atom is -0.392 e. The fourth-order valence-electron chi connectivity index (χ4n) is 4.64. The molecule has 39 heavy (non-hydrogen) atoms. The van der Waals surface area contributed by atoms with E-state index in [9.17, 15) is 14.7 Å². The van der Waals surface area contributed by atoms with E-state index in [1.807, 2.05) is 72.8 Å². The molecule has 1 aliphatic heterocycles. The van der Waals surface area contributed by atoms with Crippen LogP contribution in [0.25, 0.3) is 22.0 Å². The third-order valence-corrected chi connectivity index (χ3v) is 7.63. The van der Waals surface area contributed by atoms with Crippen LogP contribution in [0.1, 0.15) is 11.1 Å². The summed E-state index contributed by atoms with van der Waals surface area (Å²) in [6.07, 6.45) is 5.12. The average molecular weight is 536 g/mol. The fraction of sp³-hybridized carbons (Fsp3) is 0.100. The lowest BCUT2D eigenvalue weighted by Crippen LogP contribution is -2.34. The standard InChI is InChI=1S/C30H25N5O3S/c36-17-20-10-22(14-31-13-20)21-6-8-25-24(11-21)26(15-32-25)34-30(38)33-23-7-9-28-27(12-23)35(29(37)18-39-28)16-19-4-2-1-3-5-19/h1-15,32,36H,16-18H2,(H2,33,34,38). The van der Waals surface area contributed by atoms with E-state index in [0.29, 0.717) is 23.7 Å². The summed E-state index contributed by atoms with van der Waals surface area (Å²) in [7, 11) is 0. The Kier molecular flexibility index (Phi) is 6.75. The second-order valence-corrected chi connectivity index (χ2v) is 10.2. The van der Waals surface area contributed by atoms with Gasteiger partial charge in [0.2, 0.25) is 5.91 Å². The molecule has 8 nitrogen and oxygen atoms in total. The van der Waals surface area contributed by atoms with Crippen molar-refractivity contribution in [2.75, 3.05) is 21.3 Å². The number of hydrogen-bond acceptors (Lipinski definition) is 5. The maximum Gasteiger partial charge on any atom is 0.323 e. The molecule has 3 aromatic carbocycles. The summed E-state index contributed by atoms with van der Waals surface area (Å²) in [6, 6.07) is 22.9. The van der Waals surface area contributed by atoms with Crippen molar-refractivity contribution in [3.05, 3.63) is 103 Å². The van der Waals surface area contributed by atoms with E-state index in [0.717, 1.165) is 43.7 Å². The largest absolute Gasteiger partial charge is 0.392 e. The number of pyridine rings is 1. The maximum atomic E-state index is 13.0. The zero-order chi connectivity index (χ0) is 26.8. The van der Waals surface area contributed by atoms with Crippen molar-refractivity contribution in [3.63, 3.8) is 0 Å². The van der Waals surface area contributed by atoms with E-state index in [4.69, 9.17) is 0 Å². The molecule has 0 saturated carbocycles. The molecule has 4 N–H and O–H groups in total. The number of rotatable bonds is 6. The highest BCUT2D eigenvalue weighted by Crippen LogP contribution is 2.38. The fourth-order valence-corrected chi connectivity index (χ4v) is 5.56. The van der Waals surface area contributed by atoms with Crippen LogP contribution in [0, 0.1) is 0 Å². The number of fused-ring (bicyclic) bond motifs is 2. The number of amides is 3. The van der Waals surface area contributed by atoms with Crippen LogP contribution in [0.2, 0.25) is 0 Å². The predicted molar refractivity (Wildman–Crippen MR) is 155 cm³/mol. The number of urea groups is 1. The number of H-pyrrole nitrogens is 1. The van der Waals surface area contributed by atoms with Crippen LogP contribution in [-0.4, -0.2) is 32.8 Å². The molecule has 3 heterocycles. The number of nitrogens with one attached hydrogen (secondary N) is 3. The lowest BCUT2D eigenvalue weighted by atomic mass is 10.0. The van der Waals surface area contributed by atoms with Crippen LogP contribution in [0.5, 0.6) is 0 Å². The monoisotopic (exact) mass is 535 g/mol. The van der Waals surface area contributed by atoms with Crippen molar-refractivity contribution in [3.8, 4) is 11.1 Å². The first kappa shape index (κ1) is 24.7. The summed E-state index contributed by atoms with van der Waals surface area (Å²) in [5.74, 6) is 0.419. The predicted octanol–water partition coefficient (Wildman–Crippen LogP) is 6.01. The van der Waals surface area contributed by atoms with Crippen LogP contribution in [0.3, 0.4) is 0 Å². The van der Waals surface area contributed by atoms with E-state index < -0.39 is 6.03 Å². The Morgan fingerprint density at radius 1 is 0.974 bits per heavy atom. The van der Waals surface area contributed by atoms with Gasteiger partial charge in [-0.15, -0.1) is 11.8 Å². The molecule has 3 amide bonds. The number of benzene rings is 3.